The SMILES string of the molecule is COC(=O)Nc1cc(Br)cnc1OC(F)(F)F. The Morgan fingerprint density at radius 1 is 1.53 bits per heavy atom. The Morgan fingerprint density at radius 3 is 2.71 bits per heavy atom. The second kappa shape index (κ2) is 5.21. The number of nitrogens with one attached hydrogen (secondary N) is 1. The van der Waals surface area contributed by atoms with Gasteiger partial charge in [-0.3, -0.25) is 5.32 Å². The van der Waals surface area contributed by atoms with Gasteiger partial charge in [0.25, 0.3) is 0 Å². The predicted molar refractivity (Wildman–Crippen MR) is 54.6 cm³/mol. The van der Waals surface area contributed by atoms with Crippen LogP contribution in [0.15, 0.2) is 16.7 Å². The minimum Gasteiger partial charge on any atom is -0.453 e. The van der Waals surface area contributed by atoms with Crippen LogP contribution in [-0.2, 0) is 4.74 Å². The van der Waals surface area contributed by atoms with Crippen molar-refractivity contribution in [3.63, 3.8) is 0 Å². The highest BCUT2D eigenvalue weighted by Gasteiger charge is 2.33. The zero-order valence-corrected chi connectivity index (χ0v) is 9.92. The van der Waals surface area contributed by atoms with Crippen LogP contribution in [-0.4, -0.2) is 24.5 Å². The van der Waals surface area contributed by atoms with Crippen LogP contribution < -0.4 is 10.1 Å². The van der Waals surface area contributed by atoms with Crippen LogP contribution in [0.4, 0.5) is 23.7 Å². The average molecular weight is 315 g/mol. The molecule has 0 saturated heterocycles. The number of halogens is 4. The Morgan fingerprint density at radius 2 is 2.18 bits per heavy atom. The fraction of sp³-hybridized carbons (Fsp3) is 0.250. The molecule has 1 N–H and O–H groups in total. The number of anilines is 1. The molecule has 0 aromatic carbocycles. The van der Waals surface area contributed by atoms with Crippen LogP contribution in [0.3, 0.4) is 0 Å². The van der Waals surface area contributed by atoms with E-state index in [-0.39, 0.29) is 5.69 Å². The molecule has 1 amide bonds. The lowest BCUT2D eigenvalue weighted by Crippen LogP contribution is -2.20. The van der Waals surface area contributed by atoms with Gasteiger partial charge >= 0.3 is 12.5 Å². The molecule has 1 heterocycles. The number of nitrogens with zero attached hydrogens (tertiary/aromatic N) is 1. The summed E-state index contributed by atoms with van der Waals surface area (Å²) in [5.41, 5.74) is -0.261. The Hall–Kier alpha value is -1.51. The van der Waals surface area contributed by atoms with Gasteiger partial charge in [0.15, 0.2) is 0 Å². The topological polar surface area (TPSA) is 60.5 Å². The van der Waals surface area contributed by atoms with Crippen LogP contribution in [0.5, 0.6) is 5.88 Å². The number of hydrogen-bond donors (Lipinski definition) is 1. The van der Waals surface area contributed by atoms with E-state index in [0.29, 0.717) is 4.47 Å². The summed E-state index contributed by atoms with van der Waals surface area (Å²) in [6.07, 6.45) is -4.73. The highest BCUT2D eigenvalue weighted by atomic mass is 79.9. The molecule has 1 rings (SSSR count). The number of carbonyl (C=O) groups excluding carboxylic acids is 1. The van der Waals surface area contributed by atoms with E-state index >= 15 is 0 Å². The molecule has 9 heteroatoms. The van der Waals surface area contributed by atoms with Gasteiger partial charge in [-0.1, -0.05) is 0 Å². The minimum absolute atomic E-state index is 0.261. The molecule has 94 valence electrons. The van der Waals surface area contributed by atoms with Gasteiger partial charge in [-0.25, -0.2) is 9.78 Å². The Bertz CT molecular complexity index is 425. The first-order chi connectivity index (χ1) is 7.81. The summed E-state index contributed by atoms with van der Waals surface area (Å²) in [5.74, 6) is -0.772. The van der Waals surface area contributed by atoms with Gasteiger partial charge < -0.3 is 9.47 Å². The maximum absolute atomic E-state index is 12.0. The van der Waals surface area contributed by atoms with E-state index in [1.165, 1.54) is 6.07 Å². The Kier molecular flexibility index (Phi) is 4.16. The zero-order valence-electron chi connectivity index (χ0n) is 8.34. The largest absolute Gasteiger partial charge is 0.574 e. The highest BCUT2D eigenvalue weighted by Crippen LogP contribution is 2.30. The minimum atomic E-state index is -4.90. The summed E-state index contributed by atoms with van der Waals surface area (Å²) in [6.45, 7) is 0. The van der Waals surface area contributed by atoms with Crippen molar-refractivity contribution in [1.82, 2.24) is 4.98 Å². The maximum Gasteiger partial charge on any atom is 0.574 e. The van der Waals surface area contributed by atoms with E-state index in [1.54, 1.807) is 0 Å². The lowest BCUT2D eigenvalue weighted by molar-refractivity contribution is -0.275. The van der Waals surface area contributed by atoms with Gasteiger partial charge in [0, 0.05) is 10.7 Å². The molecule has 0 spiro atoms. The van der Waals surface area contributed by atoms with Crippen molar-refractivity contribution in [2.45, 2.75) is 6.36 Å². The normalized spacial score (nSPS) is 10.9. The third-order valence-corrected chi connectivity index (χ3v) is 1.89. The molecule has 0 radical (unpaired) electrons. The molecule has 1 aromatic rings. The monoisotopic (exact) mass is 314 g/mol. The van der Waals surface area contributed by atoms with Gasteiger partial charge in [-0.2, -0.15) is 0 Å². The van der Waals surface area contributed by atoms with Crippen LogP contribution >= 0.6 is 15.9 Å². The molecule has 0 aliphatic rings. The summed E-state index contributed by atoms with van der Waals surface area (Å²) >= 11 is 3.00. The fourth-order valence-corrected chi connectivity index (χ4v) is 1.20. The summed E-state index contributed by atoms with van der Waals surface area (Å²) in [4.78, 5) is 14.3. The molecule has 0 unspecified atom stereocenters. The lowest BCUT2D eigenvalue weighted by Gasteiger charge is -2.12. The third-order valence-electron chi connectivity index (χ3n) is 1.45. The van der Waals surface area contributed by atoms with Crippen molar-refractivity contribution in [3.05, 3.63) is 16.7 Å². The summed E-state index contributed by atoms with van der Waals surface area (Å²) in [6, 6.07) is 1.20. The first-order valence-electron chi connectivity index (χ1n) is 4.08. The number of alkyl halides is 3. The molecular formula is C8H6BrF3N2O3. The number of hydrogen-bond acceptors (Lipinski definition) is 4. The average Bonchev–Trinajstić information content (AvgIpc) is 2.20. The predicted octanol–water partition coefficient (Wildman–Crippen LogP) is 2.92. The van der Waals surface area contributed by atoms with Crippen LogP contribution in [0.1, 0.15) is 0 Å². The quantitative estimate of drug-likeness (QED) is 0.911. The van der Waals surface area contributed by atoms with Crippen molar-refractivity contribution in [2.24, 2.45) is 0 Å². The smallest absolute Gasteiger partial charge is 0.453 e. The van der Waals surface area contributed by atoms with E-state index < -0.39 is 18.3 Å². The molecule has 0 fully saturated rings. The van der Waals surface area contributed by atoms with Crippen molar-refractivity contribution in [1.29, 1.82) is 0 Å². The van der Waals surface area contributed by atoms with Gasteiger partial charge in [0.05, 0.1) is 7.11 Å². The molecule has 5 nitrogen and oxygen atoms in total. The number of carbonyl (C=O) groups is 1. The van der Waals surface area contributed by atoms with E-state index in [9.17, 15) is 18.0 Å². The molecule has 1 aromatic heterocycles. The second-order valence-electron chi connectivity index (χ2n) is 2.67. The molecule has 0 saturated carbocycles. The van der Waals surface area contributed by atoms with E-state index in [2.05, 4.69) is 30.4 Å². The van der Waals surface area contributed by atoms with E-state index in [4.69, 9.17) is 0 Å². The van der Waals surface area contributed by atoms with Gasteiger partial charge in [0.2, 0.25) is 5.88 Å². The third kappa shape index (κ3) is 4.47. The molecule has 0 aliphatic heterocycles. The first kappa shape index (κ1) is 13.6. The van der Waals surface area contributed by atoms with E-state index in [0.717, 1.165) is 13.3 Å². The molecule has 0 atom stereocenters. The summed E-state index contributed by atoms with van der Waals surface area (Å²) in [5, 5.41) is 2.04. The number of aromatic nitrogens is 1. The van der Waals surface area contributed by atoms with Crippen LogP contribution in [0, 0.1) is 0 Å². The number of methoxy groups -OCH3 is 1. The van der Waals surface area contributed by atoms with Crippen molar-refractivity contribution in [2.75, 3.05) is 12.4 Å². The van der Waals surface area contributed by atoms with E-state index in [1.807, 2.05) is 5.32 Å². The van der Waals surface area contributed by atoms with Crippen molar-refractivity contribution >= 4 is 27.7 Å². The van der Waals surface area contributed by atoms with Gasteiger partial charge in [-0.05, 0) is 22.0 Å². The standard InChI is InChI=1S/C8H6BrF3N2O3/c1-16-7(15)14-5-2-4(9)3-13-6(5)17-8(10,11)12/h2-3H,1H3,(H,14,15). The zero-order chi connectivity index (χ0) is 13.1. The van der Waals surface area contributed by atoms with Crippen LogP contribution in [0.25, 0.3) is 0 Å². The highest BCUT2D eigenvalue weighted by molar-refractivity contribution is 9.10. The number of amides is 1. The maximum atomic E-state index is 12.0. The number of ether oxygens (including phenoxy) is 2. The molecule has 17 heavy (non-hydrogen) atoms. The summed E-state index contributed by atoms with van der Waals surface area (Å²) < 4.78 is 44.3. The van der Waals surface area contributed by atoms with Gasteiger partial charge in [0.1, 0.15) is 5.69 Å². The molecule has 0 bridgehead atoms. The Labute approximate surface area is 102 Å². The van der Waals surface area contributed by atoms with Crippen molar-refractivity contribution in [3.8, 4) is 5.88 Å². The van der Waals surface area contributed by atoms with Crippen LogP contribution in [0.2, 0.25) is 0 Å². The Balaban J connectivity index is 2.99. The van der Waals surface area contributed by atoms with Gasteiger partial charge in [-0.15, -0.1) is 13.2 Å². The first-order valence-corrected chi connectivity index (χ1v) is 4.87. The summed E-state index contributed by atoms with van der Waals surface area (Å²) in [7, 11) is 1.07. The second-order valence-corrected chi connectivity index (χ2v) is 3.59. The number of pyridine rings is 1. The fourth-order valence-electron chi connectivity index (χ4n) is 0.868. The lowest BCUT2D eigenvalue weighted by atomic mass is 10.4. The molecular weight excluding hydrogens is 309 g/mol. The number of rotatable bonds is 2. The van der Waals surface area contributed by atoms with Crippen molar-refractivity contribution < 1.29 is 27.4 Å². The molecule has 0 aliphatic carbocycles.